The number of hydrogen-bond donors (Lipinski definition) is 3. The van der Waals surface area contributed by atoms with E-state index in [1.165, 1.54) is 0 Å². The quantitative estimate of drug-likeness (QED) is 0.743. The molecule has 142 valence electrons. The number of carboxylic acid groups (broad SMARTS) is 1. The number of carbonyl (C=O) groups is 2. The summed E-state index contributed by atoms with van der Waals surface area (Å²) in [5, 5.41) is 21.8. The van der Waals surface area contributed by atoms with Crippen molar-refractivity contribution in [3.8, 4) is 5.75 Å². The molecule has 2 aromatic rings. The van der Waals surface area contributed by atoms with E-state index in [2.05, 4.69) is 15.3 Å². The Bertz CT molecular complexity index is 1040. The van der Waals surface area contributed by atoms with Crippen LogP contribution in [0.15, 0.2) is 46.4 Å². The SMILES string of the molecule is O=C(O)CCc1ccc(C2=NC(c3ccc4c(c3)CCC(=O)N4)=NC2)cc1O. The summed E-state index contributed by atoms with van der Waals surface area (Å²) in [6, 6.07) is 10.9. The number of aromatic hydroxyl groups is 1. The predicted molar refractivity (Wildman–Crippen MR) is 105 cm³/mol. The van der Waals surface area contributed by atoms with Crippen LogP contribution >= 0.6 is 0 Å². The monoisotopic (exact) mass is 377 g/mol. The van der Waals surface area contributed by atoms with Crippen molar-refractivity contribution in [1.29, 1.82) is 0 Å². The molecule has 7 nitrogen and oxygen atoms in total. The molecule has 2 aliphatic rings. The number of benzene rings is 2. The first-order chi connectivity index (χ1) is 13.5. The molecule has 0 atom stereocenters. The van der Waals surface area contributed by atoms with Crippen molar-refractivity contribution in [1.82, 2.24) is 0 Å². The van der Waals surface area contributed by atoms with E-state index >= 15 is 0 Å². The van der Waals surface area contributed by atoms with E-state index in [-0.39, 0.29) is 24.5 Å². The lowest BCUT2D eigenvalue weighted by Crippen LogP contribution is -2.19. The first-order valence-electron chi connectivity index (χ1n) is 9.09. The standard InChI is InChI=1S/C21H19N3O4/c25-18-10-14(2-1-12(18)5-8-20(27)28)17-11-22-21(24-17)15-3-6-16-13(9-15)4-7-19(26)23-16/h1-3,6,9-10,25H,4-5,7-8,11H2,(H,23,26)(H,27,28). The van der Waals surface area contributed by atoms with Crippen LogP contribution in [0.25, 0.3) is 0 Å². The number of hydrogen-bond acceptors (Lipinski definition) is 5. The van der Waals surface area contributed by atoms with E-state index in [4.69, 9.17) is 5.11 Å². The number of nitrogens with one attached hydrogen (secondary N) is 1. The maximum atomic E-state index is 11.5. The van der Waals surface area contributed by atoms with Gasteiger partial charge in [-0.3, -0.25) is 14.6 Å². The molecule has 0 spiro atoms. The van der Waals surface area contributed by atoms with Gasteiger partial charge in [-0.15, -0.1) is 0 Å². The smallest absolute Gasteiger partial charge is 0.303 e. The minimum atomic E-state index is -0.897. The first-order valence-corrected chi connectivity index (χ1v) is 9.09. The van der Waals surface area contributed by atoms with Crippen LogP contribution in [0.3, 0.4) is 0 Å². The molecule has 0 saturated carbocycles. The van der Waals surface area contributed by atoms with E-state index in [9.17, 15) is 14.7 Å². The summed E-state index contributed by atoms with van der Waals surface area (Å²) < 4.78 is 0. The first kappa shape index (κ1) is 17.9. The summed E-state index contributed by atoms with van der Waals surface area (Å²) in [4.78, 5) is 31.3. The van der Waals surface area contributed by atoms with Crippen molar-refractivity contribution in [3.05, 3.63) is 58.7 Å². The molecule has 2 aromatic carbocycles. The highest BCUT2D eigenvalue weighted by molar-refractivity contribution is 6.17. The lowest BCUT2D eigenvalue weighted by atomic mass is 10.00. The molecule has 0 aromatic heterocycles. The van der Waals surface area contributed by atoms with E-state index in [1.807, 2.05) is 24.3 Å². The van der Waals surface area contributed by atoms with Gasteiger partial charge in [0.1, 0.15) is 5.75 Å². The summed E-state index contributed by atoms with van der Waals surface area (Å²) >= 11 is 0. The Morgan fingerprint density at radius 1 is 1.11 bits per heavy atom. The number of amidine groups is 1. The zero-order valence-corrected chi connectivity index (χ0v) is 15.1. The number of phenols is 1. The Kier molecular flexibility index (Phi) is 4.65. The predicted octanol–water partition coefficient (Wildman–Crippen LogP) is 2.54. The maximum Gasteiger partial charge on any atom is 0.303 e. The molecule has 0 unspecified atom stereocenters. The Labute approximate surface area is 161 Å². The van der Waals surface area contributed by atoms with Crippen LogP contribution < -0.4 is 5.32 Å². The third kappa shape index (κ3) is 3.64. The fourth-order valence-electron chi connectivity index (χ4n) is 3.38. The highest BCUT2D eigenvalue weighted by Gasteiger charge is 2.19. The second kappa shape index (κ2) is 7.26. The van der Waals surface area contributed by atoms with Crippen LogP contribution in [0.4, 0.5) is 5.69 Å². The molecule has 0 aliphatic carbocycles. The van der Waals surface area contributed by atoms with Crippen molar-refractivity contribution >= 4 is 29.1 Å². The molecule has 2 heterocycles. The van der Waals surface area contributed by atoms with E-state index in [0.717, 1.165) is 28.1 Å². The molecular formula is C21H19N3O4. The van der Waals surface area contributed by atoms with E-state index in [1.54, 1.807) is 12.1 Å². The van der Waals surface area contributed by atoms with Gasteiger partial charge in [-0.25, -0.2) is 4.99 Å². The van der Waals surface area contributed by atoms with Crippen molar-refractivity contribution < 1.29 is 19.8 Å². The van der Waals surface area contributed by atoms with Crippen LogP contribution in [-0.2, 0) is 22.4 Å². The summed E-state index contributed by atoms with van der Waals surface area (Å²) in [6.45, 7) is 0.414. The molecule has 0 saturated heterocycles. The minimum Gasteiger partial charge on any atom is -0.508 e. The number of nitrogens with zero attached hydrogens (tertiary/aromatic N) is 2. The average molecular weight is 377 g/mol. The second-order valence-electron chi connectivity index (χ2n) is 6.86. The Balaban J connectivity index is 1.53. The average Bonchev–Trinajstić information content (AvgIpc) is 3.16. The van der Waals surface area contributed by atoms with Gasteiger partial charge in [-0.05, 0) is 48.2 Å². The van der Waals surface area contributed by atoms with Gasteiger partial charge in [-0.1, -0.05) is 12.1 Å². The molecule has 7 heteroatoms. The highest BCUT2D eigenvalue weighted by Crippen LogP contribution is 2.26. The van der Waals surface area contributed by atoms with Crippen molar-refractivity contribution in [3.63, 3.8) is 0 Å². The summed E-state index contributed by atoms with van der Waals surface area (Å²) in [7, 11) is 0. The molecule has 0 radical (unpaired) electrons. The van der Waals surface area contributed by atoms with Crippen molar-refractivity contribution in [2.45, 2.75) is 25.7 Å². The molecule has 2 aliphatic heterocycles. The van der Waals surface area contributed by atoms with Gasteiger partial charge >= 0.3 is 5.97 Å². The highest BCUT2D eigenvalue weighted by atomic mass is 16.4. The van der Waals surface area contributed by atoms with Gasteiger partial charge in [0.25, 0.3) is 0 Å². The van der Waals surface area contributed by atoms with Crippen molar-refractivity contribution in [2.24, 2.45) is 9.98 Å². The van der Waals surface area contributed by atoms with Crippen molar-refractivity contribution in [2.75, 3.05) is 11.9 Å². The molecule has 0 bridgehead atoms. The fraction of sp³-hybridized carbons (Fsp3) is 0.238. The minimum absolute atomic E-state index is 0.0279. The number of amides is 1. The molecule has 4 rings (SSSR count). The van der Waals surface area contributed by atoms with E-state index < -0.39 is 5.97 Å². The van der Waals surface area contributed by atoms with Crippen LogP contribution in [0.2, 0.25) is 0 Å². The van der Waals surface area contributed by atoms with Crippen LogP contribution in [0.1, 0.15) is 35.1 Å². The topological polar surface area (TPSA) is 111 Å². The second-order valence-corrected chi connectivity index (χ2v) is 6.86. The number of aryl methyl sites for hydroxylation is 2. The summed E-state index contributed by atoms with van der Waals surface area (Å²) in [5.41, 5.74) is 4.92. The van der Waals surface area contributed by atoms with Gasteiger partial charge in [0.05, 0.1) is 12.3 Å². The largest absolute Gasteiger partial charge is 0.508 e. The fourth-order valence-corrected chi connectivity index (χ4v) is 3.38. The third-order valence-electron chi connectivity index (χ3n) is 4.91. The normalized spacial score (nSPS) is 15.5. The van der Waals surface area contributed by atoms with Gasteiger partial charge in [0, 0.05) is 29.7 Å². The number of anilines is 1. The molecule has 3 N–H and O–H groups in total. The third-order valence-corrected chi connectivity index (χ3v) is 4.91. The van der Waals surface area contributed by atoms with E-state index in [0.29, 0.717) is 30.8 Å². The molecular weight excluding hydrogens is 358 g/mol. The number of rotatable bonds is 5. The van der Waals surface area contributed by atoms with Crippen LogP contribution in [-0.4, -0.2) is 40.2 Å². The number of aliphatic imine (C=N–C) groups is 2. The lowest BCUT2D eigenvalue weighted by molar-refractivity contribution is -0.137. The van der Waals surface area contributed by atoms with Crippen LogP contribution in [0, 0.1) is 0 Å². The zero-order valence-electron chi connectivity index (χ0n) is 15.1. The molecule has 1 amide bonds. The number of carboxylic acids is 1. The molecule has 28 heavy (non-hydrogen) atoms. The van der Waals surface area contributed by atoms with Gasteiger partial charge in [0.2, 0.25) is 5.91 Å². The molecule has 0 fully saturated rings. The number of fused-ring (bicyclic) bond motifs is 1. The van der Waals surface area contributed by atoms with Crippen LogP contribution in [0.5, 0.6) is 5.75 Å². The Morgan fingerprint density at radius 3 is 2.71 bits per heavy atom. The number of carbonyl (C=O) groups excluding carboxylic acids is 1. The van der Waals surface area contributed by atoms with Gasteiger partial charge in [-0.2, -0.15) is 0 Å². The van der Waals surface area contributed by atoms with Gasteiger partial charge in [0.15, 0.2) is 5.84 Å². The summed E-state index contributed by atoms with van der Waals surface area (Å²) in [6.07, 6.45) is 1.43. The summed E-state index contributed by atoms with van der Waals surface area (Å²) in [5.74, 6) is -0.166. The number of phenolic OH excluding ortho intramolecular Hbond substituents is 1. The maximum absolute atomic E-state index is 11.5. The lowest BCUT2D eigenvalue weighted by Gasteiger charge is -2.17. The Hall–Kier alpha value is -3.48. The zero-order chi connectivity index (χ0) is 19.7. The Morgan fingerprint density at radius 2 is 1.93 bits per heavy atom. The number of aliphatic carboxylic acids is 1. The van der Waals surface area contributed by atoms with Gasteiger partial charge < -0.3 is 15.5 Å².